The second kappa shape index (κ2) is 4.54. The molecule has 3 rings (SSSR count). The number of urea groups is 1. The van der Waals surface area contributed by atoms with Crippen molar-refractivity contribution in [2.24, 2.45) is 5.73 Å². The van der Waals surface area contributed by atoms with E-state index in [0.29, 0.717) is 27.6 Å². The predicted octanol–water partition coefficient (Wildman–Crippen LogP) is 3.12. The number of fused-ring (bicyclic) bond motifs is 2. The molecule has 0 aromatic heterocycles. The van der Waals surface area contributed by atoms with Gasteiger partial charge in [-0.3, -0.25) is 9.69 Å². The maximum Gasteiger partial charge on any atom is 0.323 e. The minimum atomic E-state index is -0.669. The van der Waals surface area contributed by atoms with Gasteiger partial charge >= 0.3 is 6.03 Å². The fourth-order valence-electron chi connectivity index (χ4n) is 2.22. The molecule has 100 valence electrons. The van der Waals surface area contributed by atoms with Crippen molar-refractivity contribution in [1.29, 1.82) is 0 Å². The Morgan fingerprint density at radius 1 is 1.15 bits per heavy atom. The Labute approximate surface area is 119 Å². The zero-order chi connectivity index (χ0) is 14.3. The molecule has 3 amide bonds. The highest BCUT2D eigenvalue weighted by molar-refractivity contribution is 6.31. The van der Waals surface area contributed by atoms with Gasteiger partial charge < -0.3 is 11.1 Å². The molecule has 2 aromatic rings. The number of hydrogen-bond acceptors (Lipinski definition) is 2. The first-order chi connectivity index (χ1) is 9.58. The van der Waals surface area contributed by atoms with E-state index in [2.05, 4.69) is 5.32 Å². The Kier molecular flexibility index (Phi) is 2.84. The van der Waals surface area contributed by atoms with Crippen molar-refractivity contribution in [3.63, 3.8) is 0 Å². The highest BCUT2D eigenvalue weighted by Crippen LogP contribution is 2.38. The molecule has 0 aliphatic carbocycles. The van der Waals surface area contributed by atoms with Crippen molar-refractivity contribution < 1.29 is 9.59 Å². The van der Waals surface area contributed by atoms with Crippen LogP contribution < -0.4 is 16.0 Å². The molecular weight excluding hydrogens is 278 g/mol. The van der Waals surface area contributed by atoms with Crippen LogP contribution in [-0.4, -0.2) is 11.9 Å². The van der Waals surface area contributed by atoms with Gasteiger partial charge in [-0.15, -0.1) is 0 Å². The van der Waals surface area contributed by atoms with Crippen LogP contribution in [0.3, 0.4) is 0 Å². The van der Waals surface area contributed by atoms with E-state index in [9.17, 15) is 9.59 Å². The summed E-state index contributed by atoms with van der Waals surface area (Å²) in [5, 5.41) is 3.19. The molecule has 20 heavy (non-hydrogen) atoms. The maximum atomic E-state index is 12.2. The van der Waals surface area contributed by atoms with E-state index in [1.54, 1.807) is 42.5 Å². The Balaban J connectivity index is 2.31. The summed E-state index contributed by atoms with van der Waals surface area (Å²) in [6, 6.07) is 11.0. The SMILES string of the molecule is NC(=O)N1c2ccc(Cl)cc2NC(=O)c2ccccc21. The van der Waals surface area contributed by atoms with Gasteiger partial charge in [0.1, 0.15) is 0 Å². The van der Waals surface area contributed by atoms with E-state index in [0.717, 1.165) is 0 Å². The van der Waals surface area contributed by atoms with Crippen LogP contribution in [0.5, 0.6) is 0 Å². The Bertz CT molecular complexity index is 730. The second-order valence-electron chi connectivity index (χ2n) is 4.31. The van der Waals surface area contributed by atoms with Crippen LogP contribution in [0, 0.1) is 0 Å². The lowest BCUT2D eigenvalue weighted by atomic mass is 10.1. The van der Waals surface area contributed by atoms with Crippen LogP contribution in [0.15, 0.2) is 42.5 Å². The van der Waals surface area contributed by atoms with Crippen molar-refractivity contribution >= 4 is 40.6 Å². The van der Waals surface area contributed by atoms with Gasteiger partial charge in [0.25, 0.3) is 5.91 Å². The van der Waals surface area contributed by atoms with Gasteiger partial charge in [-0.05, 0) is 30.3 Å². The number of rotatable bonds is 0. The zero-order valence-electron chi connectivity index (χ0n) is 10.3. The van der Waals surface area contributed by atoms with Crippen LogP contribution in [0.1, 0.15) is 10.4 Å². The van der Waals surface area contributed by atoms with E-state index in [4.69, 9.17) is 17.3 Å². The summed E-state index contributed by atoms with van der Waals surface area (Å²) in [6.45, 7) is 0. The molecule has 3 N–H and O–H groups in total. The number of primary amides is 1. The highest BCUT2D eigenvalue weighted by Gasteiger charge is 2.27. The van der Waals surface area contributed by atoms with Crippen molar-refractivity contribution in [2.75, 3.05) is 10.2 Å². The number of halogens is 1. The number of para-hydroxylation sites is 1. The standard InChI is InChI=1S/C14H10ClN3O2/c15-8-5-6-12-10(7-8)17-13(19)9-3-1-2-4-11(9)18(12)14(16)20/h1-7H,(H2,16,20)(H,17,19). The lowest BCUT2D eigenvalue weighted by Gasteiger charge is -2.21. The molecule has 0 saturated heterocycles. The molecule has 0 bridgehead atoms. The third kappa shape index (κ3) is 1.88. The Hall–Kier alpha value is -2.53. The summed E-state index contributed by atoms with van der Waals surface area (Å²) >= 11 is 5.93. The van der Waals surface area contributed by atoms with Gasteiger partial charge in [-0.1, -0.05) is 23.7 Å². The molecule has 0 fully saturated rings. The topological polar surface area (TPSA) is 75.4 Å². The Morgan fingerprint density at radius 2 is 1.90 bits per heavy atom. The molecule has 0 saturated carbocycles. The summed E-state index contributed by atoms with van der Waals surface area (Å²) in [5.74, 6) is -0.312. The Morgan fingerprint density at radius 3 is 2.65 bits per heavy atom. The summed E-state index contributed by atoms with van der Waals surface area (Å²) < 4.78 is 0. The smallest absolute Gasteiger partial charge is 0.323 e. The van der Waals surface area contributed by atoms with E-state index < -0.39 is 6.03 Å². The molecule has 1 aliphatic heterocycles. The number of benzene rings is 2. The lowest BCUT2D eigenvalue weighted by Crippen LogP contribution is -2.31. The number of nitrogens with two attached hydrogens (primary N) is 1. The van der Waals surface area contributed by atoms with Crippen LogP contribution >= 0.6 is 11.6 Å². The number of anilines is 3. The monoisotopic (exact) mass is 287 g/mol. The van der Waals surface area contributed by atoms with Crippen molar-refractivity contribution in [3.8, 4) is 0 Å². The number of carbonyl (C=O) groups excluding carboxylic acids is 2. The molecule has 5 nitrogen and oxygen atoms in total. The largest absolute Gasteiger partial charge is 0.351 e. The minimum absolute atomic E-state index is 0.312. The van der Waals surface area contributed by atoms with E-state index in [-0.39, 0.29) is 5.91 Å². The van der Waals surface area contributed by atoms with Crippen LogP contribution in [0.25, 0.3) is 0 Å². The fraction of sp³-hybridized carbons (Fsp3) is 0. The van der Waals surface area contributed by atoms with Gasteiger partial charge in [0.15, 0.2) is 0 Å². The summed E-state index contributed by atoms with van der Waals surface area (Å²) in [7, 11) is 0. The zero-order valence-corrected chi connectivity index (χ0v) is 11.0. The molecule has 0 unspecified atom stereocenters. The lowest BCUT2D eigenvalue weighted by molar-refractivity contribution is 0.102. The average Bonchev–Trinajstić information content (AvgIpc) is 2.53. The first-order valence-corrected chi connectivity index (χ1v) is 6.25. The van der Waals surface area contributed by atoms with Gasteiger partial charge in [0.2, 0.25) is 0 Å². The molecule has 1 aliphatic rings. The molecule has 2 aromatic carbocycles. The summed E-state index contributed by atoms with van der Waals surface area (Å²) in [4.78, 5) is 25.3. The van der Waals surface area contributed by atoms with Crippen LogP contribution in [0.2, 0.25) is 5.02 Å². The molecule has 6 heteroatoms. The van der Waals surface area contributed by atoms with E-state index in [1.165, 1.54) is 4.90 Å². The highest BCUT2D eigenvalue weighted by atomic mass is 35.5. The normalized spacial score (nSPS) is 13.1. The molecule has 0 atom stereocenters. The third-order valence-corrected chi connectivity index (χ3v) is 3.29. The van der Waals surface area contributed by atoms with Crippen LogP contribution in [0.4, 0.5) is 21.9 Å². The van der Waals surface area contributed by atoms with Gasteiger partial charge in [0.05, 0.1) is 22.6 Å². The number of amides is 3. The third-order valence-electron chi connectivity index (χ3n) is 3.06. The first-order valence-electron chi connectivity index (χ1n) is 5.87. The minimum Gasteiger partial charge on any atom is -0.351 e. The van der Waals surface area contributed by atoms with Crippen molar-refractivity contribution in [1.82, 2.24) is 0 Å². The number of nitrogens with one attached hydrogen (secondary N) is 1. The number of hydrogen-bond donors (Lipinski definition) is 2. The molecule has 1 heterocycles. The van der Waals surface area contributed by atoms with Crippen molar-refractivity contribution in [3.05, 3.63) is 53.1 Å². The van der Waals surface area contributed by atoms with Gasteiger partial charge in [-0.2, -0.15) is 0 Å². The maximum absolute atomic E-state index is 12.2. The fourth-order valence-corrected chi connectivity index (χ4v) is 2.39. The average molecular weight is 288 g/mol. The summed E-state index contributed by atoms with van der Waals surface area (Å²) in [6.07, 6.45) is 0. The molecular formula is C14H10ClN3O2. The predicted molar refractivity (Wildman–Crippen MR) is 77.6 cm³/mol. The van der Waals surface area contributed by atoms with Gasteiger partial charge in [0, 0.05) is 5.02 Å². The van der Waals surface area contributed by atoms with E-state index in [1.807, 2.05) is 0 Å². The summed E-state index contributed by atoms with van der Waals surface area (Å²) in [5.41, 5.74) is 7.21. The van der Waals surface area contributed by atoms with Crippen LogP contribution in [-0.2, 0) is 0 Å². The first kappa shape index (κ1) is 12.5. The molecule has 0 radical (unpaired) electrons. The number of carbonyl (C=O) groups is 2. The second-order valence-corrected chi connectivity index (χ2v) is 4.74. The van der Waals surface area contributed by atoms with Crippen molar-refractivity contribution in [2.45, 2.75) is 0 Å². The van der Waals surface area contributed by atoms with E-state index >= 15 is 0 Å². The quantitative estimate of drug-likeness (QED) is 0.781. The molecule has 0 spiro atoms. The van der Waals surface area contributed by atoms with Gasteiger partial charge in [-0.25, -0.2) is 4.79 Å². The number of nitrogens with zero attached hydrogens (tertiary/aromatic N) is 1.